The van der Waals surface area contributed by atoms with Crippen LogP contribution < -0.4 is 14.7 Å². The molecule has 7 aromatic carbocycles. The molecule has 3 atom stereocenters. The third kappa shape index (κ3) is 6.59. The lowest BCUT2D eigenvalue weighted by atomic mass is 9.68. The maximum atomic E-state index is 2.63. The van der Waals surface area contributed by atoms with Crippen LogP contribution in [0.4, 0.5) is 45.5 Å². The van der Waals surface area contributed by atoms with E-state index < -0.39 is 0 Å². The quantitative estimate of drug-likeness (QED) is 0.147. The minimum atomic E-state index is 0.0302. The summed E-state index contributed by atoms with van der Waals surface area (Å²) in [6, 6.07) is 69.1. The van der Waals surface area contributed by atoms with Crippen molar-refractivity contribution < 1.29 is 0 Å². The second kappa shape index (κ2) is 14.6. The summed E-state index contributed by atoms with van der Waals surface area (Å²) in [6.45, 7) is 7.17. The highest BCUT2D eigenvalue weighted by Crippen LogP contribution is 2.58. The maximum Gasteiger partial charge on any atom is 0.0464 e. The maximum absolute atomic E-state index is 2.63. The van der Waals surface area contributed by atoms with E-state index in [4.69, 9.17) is 0 Å². The zero-order valence-electron chi connectivity index (χ0n) is 32.1. The molecule has 3 unspecified atom stereocenters. The van der Waals surface area contributed by atoms with Crippen LogP contribution >= 0.6 is 0 Å². The van der Waals surface area contributed by atoms with Crippen LogP contribution in [-0.2, 0) is 5.41 Å². The second-order valence-corrected chi connectivity index (χ2v) is 15.9. The monoisotopic (exact) mass is 715 g/mol. The first-order chi connectivity index (χ1) is 27.0. The van der Waals surface area contributed by atoms with Crippen molar-refractivity contribution in [3.05, 3.63) is 205 Å². The first-order valence-electron chi connectivity index (χ1n) is 19.9. The molecule has 0 aliphatic heterocycles. The third-order valence-electron chi connectivity index (χ3n) is 12.3. The fourth-order valence-corrected chi connectivity index (χ4v) is 9.56. The van der Waals surface area contributed by atoms with Gasteiger partial charge in [-0.1, -0.05) is 110 Å². The Kier molecular flexibility index (Phi) is 9.23. The predicted octanol–water partition coefficient (Wildman–Crippen LogP) is 14.3. The number of hydrogen-bond acceptors (Lipinski definition) is 3. The molecule has 7 aromatic rings. The minimum absolute atomic E-state index is 0.0302. The predicted molar refractivity (Wildman–Crippen MR) is 232 cm³/mol. The normalized spacial score (nSPS) is 18.2. The van der Waals surface area contributed by atoms with E-state index in [1.165, 1.54) is 46.0 Å². The van der Waals surface area contributed by atoms with Gasteiger partial charge >= 0.3 is 0 Å². The molecule has 0 aromatic heterocycles. The number of fused-ring (bicyclic) bond motifs is 3. The number of anilines is 8. The fraction of sp³-hybridized carbons (Fsp3) is 0.192. The van der Waals surface area contributed by atoms with E-state index >= 15 is 0 Å². The lowest BCUT2D eigenvalue weighted by Crippen LogP contribution is -2.41. The van der Waals surface area contributed by atoms with Crippen LogP contribution in [0, 0.1) is 12.8 Å². The standard InChI is InChI=1S/C52H49N3/c1-38-24-26-43(27-25-38)54(41-20-12-6-13-21-41)46-32-34-48-49-35-33-47(37-51(49)52(2,3)50(48)36-46)55(42-22-14-7-15-23-42)45-30-28-44(29-31-45)53(39-16-8-4-9-17-39)40-18-10-5-11-19-40/h4-32,34,36,47,49,51H,33,35,37H2,1-3H3. The number of rotatable bonds is 9. The molecule has 1 saturated carbocycles. The van der Waals surface area contributed by atoms with Crippen molar-refractivity contribution in [2.75, 3.05) is 14.7 Å². The molecular formula is C52H49N3. The Morgan fingerprint density at radius 2 is 0.836 bits per heavy atom. The van der Waals surface area contributed by atoms with E-state index in [2.05, 4.69) is 224 Å². The average molecular weight is 716 g/mol. The van der Waals surface area contributed by atoms with Crippen LogP contribution in [-0.4, -0.2) is 6.04 Å². The van der Waals surface area contributed by atoms with Crippen LogP contribution in [0.15, 0.2) is 188 Å². The Bertz CT molecular complexity index is 2300. The average Bonchev–Trinajstić information content (AvgIpc) is 3.46. The summed E-state index contributed by atoms with van der Waals surface area (Å²) in [4.78, 5) is 7.39. The molecule has 0 radical (unpaired) electrons. The first-order valence-corrected chi connectivity index (χ1v) is 19.9. The van der Waals surface area contributed by atoms with Crippen molar-refractivity contribution in [3.8, 4) is 0 Å². The molecule has 0 amide bonds. The van der Waals surface area contributed by atoms with Crippen molar-refractivity contribution in [2.24, 2.45) is 5.92 Å². The lowest BCUT2D eigenvalue weighted by molar-refractivity contribution is 0.213. The van der Waals surface area contributed by atoms with Gasteiger partial charge in [0.2, 0.25) is 0 Å². The Morgan fingerprint density at radius 1 is 0.436 bits per heavy atom. The Balaban J connectivity index is 1.04. The van der Waals surface area contributed by atoms with E-state index in [-0.39, 0.29) is 5.41 Å². The lowest BCUT2D eigenvalue weighted by Gasteiger charge is -2.44. The molecule has 0 spiro atoms. The van der Waals surface area contributed by atoms with Gasteiger partial charge in [-0.15, -0.1) is 0 Å². The van der Waals surface area contributed by atoms with Crippen LogP contribution in [0.3, 0.4) is 0 Å². The molecular weight excluding hydrogens is 667 g/mol. The molecule has 3 heteroatoms. The van der Waals surface area contributed by atoms with E-state index in [0.717, 1.165) is 29.9 Å². The van der Waals surface area contributed by atoms with Gasteiger partial charge in [-0.05, 0) is 152 Å². The van der Waals surface area contributed by atoms with E-state index in [9.17, 15) is 0 Å². The molecule has 0 N–H and O–H groups in total. The van der Waals surface area contributed by atoms with Crippen molar-refractivity contribution in [1.29, 1.82) is 0 Å². The summed E-state index contributed by atoms with van der Waals surface area (Å²) in [7, 11) is 0. The minimum Gasteiger partial charge on any atom is -0.338 e. The van der Waals surface area contributed by atoms with Gasteiger partial charge in [-0.2, -0.15) is 0 Å². The molecule has 1 fully saturated rings. The van der Waals surface area contributed by atoms with Crippen LogP contribution in [0.2, 0.25) is 0 Å². The van der Waals surface area contributed by atoms with Crippen LogP contribution in [0.5, 0.6) is 0 Å². The van der Waals surface area contributed by atoms with Gasteiger partial charge in [0, 0.05) is 51.5 Å². The van der Waals surface area contributed by atoms with E-state index in [1.807, 2.05) is 0 Å². The van der Waals surface area contributed by atoms with E-state index in [0.29, 0.717) is 17.9 Å². The number of para-hydroxylation sites is 4. The van der Waals surface area contributed by atoms with Gasteiger partial charge in [0.25, 0.3) is 0 Å². The second-order valence-electron chi connectivity index (χ2n) is 15.9. The zero-order chi connectivity index (χ0) is 37.4. The molecule has 0 saturated heterocycles. The van der Waals surface area contributed by atoms with Crippen molar-refractivity contribution in [2.45, 2.75) is 57.4 Å². The molecule has 2 aliphatic rings. The Labute approximate surface area is 327 Å². The van der Waals surface area contributed by atoms with Gasteiger partial charge in [0.15, 0.2) is 0 Å². The van der Waals surface area contributed by atoms with Crippen LogP contribution in [0.25, 0.3) is 0 Å². The molecule has 3 nitrogen and oxygen atoms in total. The summed E-state index contributed by atoms with van der Waals surface area (Å²) in [5, 5.41) is 0. The van der Waals surface area contributed by atoms with Crippen molar-refractivity contribution in [1.82, 2.24) is 0 Å². The fourth-order valence-electron chi connectivity index (χ4n) is 9.56. The molecule has 272 valence electrons. The van der Waals surface area contributed by atoms with E-state index in [1.54, 1.807) is 5.56 Å². The molecule has 2 aliphatic carbocycles. The number of aryl methyl sites for hydroxylation is 1. The Hall–Kier alpha value is -6.06. The number of nitrogens with zero attached hydrogens (tertiary/aromatic N) is 3. The summed E-state index contributed by atoms with van der Waals surface area (Å²) >= 11 is 0. The first kappa shape index (κ1) is 34.7. The number of benzene rings is 7. The highest BCUT2D eigenvalue weighted by molar-refractivity contribution is 5.79. The molecule has 0 bridgehead atoms. The Morgan fingerprint density at radius 3 is 1.36 bits per heavy atom. The summed E-state index contributed by atoms with van der Waals surface area (Å²) in [5.41, 5.74) is 13.9. The highest BCUT2D eigenvalue weighted by atomic mass is 15.2. The molecule has 55 heavy (non-hydrogen) atoms. The third-order valence-corrected chi connectivity index (χ3v) is 12.3. The van der Waals surface area contributed by atoms with Crippen molar-refractivity contribution in [3.63, 3.8) is 0 Å². The SMILES string of the molecule is Cc1ccc(N(c2ccccc2)c2ccc3c(c2)C(C)(C)C2CC(N(c4ccccc4)c4ccc(N(c5ccccc5)c5ccccc5)cc4)CCC32)cc1. The zero-order valence-corrected chi connectivity index (χ0v) is 32.1. The smallest absolute Gasteiger partial charge is 0.0464 e. The van der Waals surface area contributed by atoms with Gasteiger partial charge in [0.1, 0.15) is 0 Å². The topological polar surface area (TPSA) is 9.72 Å². The molecule has 0 heterocycles. The van der Waals surface area contributed by atoms with Crippen LogP contribution in [0.1, 0.15) is 55.7 Å². The summed E-state index contributed by atoms with van der Waals surface area (Å²) in [6.07, 6.45) is 3.47. The van der Waals surface area contributed by atoms with Gasteiger partial charge in [-0.25, -0.2) is 0 Å². The number of hydrogen-bond donors (Lipinski definition) is 0. The highest BCUT2D eigenvalue weighted by Gasteiger charge is 2.49. The van der Waals surface area contributed by atoms with Gasteiger partial charge in [-0.3, -0.25) is 0 Å². The largest absolute Gasteiger partial charge is 0.338 e. The van der Waals surface area contributed by atoms with Gasteiger partial charge < -0.3 is 14.7 Å². The summed E-state index contributed by atoms with van der Waals surface area (Å²) < 4.78 is 0. The molecule has 9 rings (SSSR count). The van der Waals surface area contributed by atoms with Crippen molar-refractivity contribution >= 4 is 45.5 Å². The summed E-state index contributed by atoms with van der Waals surface area (Å²) in [5.74, 6) is 1.10. The van der Waals surface area contributed by atoms with Gasteiger partial charge in [0.05, 0.1) is 0 Å².